The van der Waals surface area contributed by atoms with Gasteiger partial charge in [-0.3, -0.25) is 14.4 Å². The summed E-state index contributed by atoms with van der Waals surface area (Å²) in [7, 11) is 0. The van der Waals surface area contributed by atoms with Crippen LogP contribution in [0.5, 0.6) is 0 Å². The molecule has 7 heteroatoms. The second-order valence-electron chi connectivity index (χ2n) is 5.57. The van der Waals surface area contributed by atoms with Gasteiger partial charge in [0.05, 0.1) is 22.4 Å². The van der Waals surface area contributed by atoms with Crippen molar-refractivity contribution in [1.29, 1.82) is 0 Å². The van der Waals surface area contributed by atoms with Gasteiger partial charge in [0.2, 0.25) is 0 Å². The third-order valence-corrected chi connectivity index (χ3v) is 3.84. The number of rotatable bonds is 5. The highest BCUT2D eigenvalue weighted by atomic mass is 16.5. The third kappa shape index (κ3) is 3.19. The first-order valence-corrected chi connectivity index (χ1v) is 8.04. The van der Waals surface area contributed by atoms with Crippen LogP contribution in [0.2, 0.25) is 0 Å². The molecule has 0 saturated heterocycles. The van der Waals surface area contributed by atoms with Gasteiger partial charge in [0.1, 0.15) is 0 Å². The molecule has 7 nitrogen and oxygen atoms in total. The topological polar surface area (TPSA) is 92.8 Å². The van der Waals surface area contributed by atoms with Crippen molar-refractivity contribution in [3.05, 3.63) is 65.2 Å². The molecule has 1 N–H and O–H groups in total. The highest BCUT2D eigenvalue weighted by Crippen LogP contribution is 2.28. The van der Waals surface area contributed by atoms with Crippen molar-refractivity contribution in [2.45, 2.75) is 6.92 Å². The van der Waals surface area contributed by atoms with E-state index in [1.165, 1.54) is 12.1 Å². The Balaban J connectivity index is 1.80. The lowest BCUT2D eigenvalue weighted by atomic mass is 10.1. The van der Waals surface area contributed by atoms with Crippen LogP contribution in [0.4, 0.5) is 5.69 Å². The van der Waals surface area contributed by atoms with Crippen molar-refractivity contribution in [3.8, 4) is 0 Å². The molecule has 0 atom stereocenters. The minimum Gasteiger partial charge on any atom is -0.452 e. The number of esters is 1. The van der Waals surface area contributed by atoms with Gasteiger partial charge in [-0.05, 0) is 37.3 Å². The molecule has 0 spiro atoms. The standard InChI is InChI=1S/C19H16N2O5/c1-2-20-16(22)11-26-19(25)12-6-5-7-13(10-12)21-17(23)14-8-3-4-9-15(14)18(21)24/h3-10H,2,11H2,1H3,(H,20,22). The summed E-state index contributed by atoms with van der Waals surface area (Å²) >= 11 is 0. The molecule has 0 aromatic heterocycles. The van der Waals surface area contributed by atoms with E-state index in [0.717, 1.165) is 4.90 Å². The smallest absolute Gasteiger partial charge is 0.338 e. The average molecular weight is 352 g/mol. The molecule has 0 unspecified atom stereocenters. The molecule has 1 heterocycles. The zero-order chi connectivity index (χ0) is 18.7. The fraction of sp³-hybridized carbons (Fsp3) is 0.158. The number of imide groups is 1. The summed E-state index contributed by atoms with van der Waals surface area (Å²) in [4.78, 5) is 49.5. The first-order valence-electron chi connectivity index (χ1n) is 8.04. The Hall–Kier alpha value is -3.48. The van der Waals surface area contributed by atoms with Crippen molar-refractivity contribution in [3.63, 3.8) is 0 Å². The number of hydrogen-bond donors (Lipinski definition) is 1. The number of fused-ring (bicyclic) bond motifs is 1. The Labute approximate surface area is 149 Å². The van der Waals surface area contributed by atoms with E-state index in [1.54, 1.807) is 43.3 Å². The zero-order valence-electron chi connectivity index (χ0n) is 14.0. The average Bonchev–Trinajstić information content (AvgIpc) is 2.91. The molecule has 1 aliphatic rings. The monoisotopic (exact) mass is 352 g/mol. The van der Waals surface area contributed by atoms with Gasteiger partial charge in [0.25, 0.3) is 17.7 Å². The number of amides is 3. The van der Waals surface area contributed by atoms with Crippen LogP contribution in [-0.2, 0) is 9.53 Å². The molecule has 3 amide bonds. The maximum absolute atomic E-state index is 12.5. The van der Waals surface area contributed by atoms with Crippen LogP contribution in [0.25, 0.3) is 0 Å². The lowest BCUT2D eigenvalue weighted by Gasteiger charge is -2.14. The summed E-state index contributed by atoms with van der Waals surface area (Å²) in [6.07, 6.45) is 0. The SMILES string of the molecule is CCNC(=O)COC(=O)c1cccc(N2C(=O)c3ccccc3C2=O)c1. The van der Waals surface area contributed by atoms with Gasteiger partial charge in [0, 0.05) is 6.54 Å². The number of carbonyl (C=O) groups is 4. The molecule has 0 radical (unpaired) electrons. The lowest BCUT2D eigenvalue weighted by molar-refractivity contribution is -0.124. The molecule has 0 aliphatic carbocycles. The fourth-order valence-electron chi connectivity index (χ4n) is 2.66. The molecule has 0 saturated carbocycles. The predicted molar refractivity (Wildman–Crippen MR) is 93.0 cm³/mol. The zero-order valence-corrected chi connectivity index (χ0v) is 14.0. The summed E-state index contributed by atoms with van der Waals surface area (Å²) in [6, 6.07) is 12.5. The number of nitrogens with one attached hydrogen (secondary N) is 1. The fourth-order valence-corrected chi connectivity index (χ4v) is 2.66. The Kier molecular flexibility index (Phi) is 4.79. The van der Waals surface area contributed by atoms with Gasteiger partial charge in [-0.1, -0.05) is 18.2 Å². The number of likely N-dealkylation sites (N-methyl/N-ethyl adjacent to an activating group) is 1. The second kappa shape index (κ2) is 7.18. The highest BCUT2D eigenvalue weighted by molar-refractivity contribution is 6.34. The normalized spacial score (nSPS) is 12.7. The molecule has 132 valence electrons. The molecule has 0 fully saturated rings. The third-order valence-electron chi connectivity index (χ3n) is 3.84. The van der Waals surface area contributed by atoms with Crippen LogP contribution < -0.4 is 10.2 Å². The number of carbonyl (C=O) groups excluding carboxylic acids is 4. The first-order chi connectivity index (χ1) is 12.5. The summed E-state index contributed by atoms with van der Waals surface area (Å²) in [5.74, 6) is -2.01. The minimum absolute atomic E-state index is 0.142. The summed E-state index contributed by atoms with van der Waals surface area (Å²) < 4.78 is 4.94. The molecular weight excluding hydrogens is 336 g/mol. The van der Waals surface area contributed by atoms with Crippen LogP contribution in [-0.4, -0.2) is 36.8 Å². The Morgan fingerprint density at radius 2 is 1.65 bits per heavy atom. The van der Waals surface area contributed by atoms with Crippen LogP contribution >= 0.6 is 0 Å². The van der Waals surface area contributed by atoms with Crippen LogP contribution in [0.3, 0.4) is 0 Å². The van der Waals surface area contributed by atoms with Gasteiger partial charge >= 0.3 is 5.97 Å². The quantitative estimate of drug-likeness (QED) is 0.654. The van der Waals surface area contributed by atoms with E-state index in [1.807, 2.05) is 0 Å². The summed E-state index contributed by atoms with van der Waals surface area (Å²) in [6.45, 7) is 1.79. The number of nitrogens with zero attached hydrogens (tertiary/aromatic N) is 1. The lowest BCUT2D eigenvalue weighted by Crippen LogP contribution is -2.30. The molecule has 2 aromatic rings. The van der Waals surface area contributed by atoms with Crippen LogP contribution in [0.15, 0.2) is 48.5 Å². The van der Waals surface area contributed by atoms with Crippen molar-refractivity contribution in [2.24, 2.45) is 0 Å². The summed E-state index contributed by atoms with van der Waals surface area (Å²) in [5, 5.41) is 2.52. The van der Waals surface area contributed by atoms with Crippen LogP contribution in [0, 0.1) is 0 Å². The minimum atomic E-state index is -0.713. The van der Waals surface area contributed by atoms with Crippen molar-refractivity contribution in [1.82, 2.24) is 5.32 Å². The molecule has 3 rings (SSSR count). The largest absolute Gasteiger partial charge is 0.452 e. The molecular formula is C19H16N2O5. The van der Waals surface area contributed by atoms with Gasteiger partial charge in [-0.25, -0.2) is 9.69 Å². The highest BCUT2D eigenvalue weighted by Gasteiger charge is 2.36. The summed E-state index contributed by atoms with van der Waals surface area (Å²) in [5.41, 5.74) is 1.05. The van der Waals surface area contributed by atoms with E-state index < -0.39 is 30.3 Å². The van der Waals surface area contributed by atoms with Crippen molar-refractivity contribution < 1.29 is 23.9 Å². The number of hydrogen-bond acceptors (Lipinski definition) is 5. The Morgan fingerprint density at radius 3 is 2.27 bits per heavy atom. The Morgan fingerprint density at radius 1 is 1.00 bits per heavy atom. The first kappa shape index (κ1) is 17.3. The van der Waals surface area contributed by atoms with Gasteiger partial charge < -0.3 is 10.1 Å². The maximum Gasteiger partial charge on any atom is 0.338 e. The number of ether oxygens (including phenoxy) is 1. The Bertz CT molecular complexity index is 871. The number of anilines is 1. The van der Waals surface area contributed by atoms with E-state index in [-0.39, 0.29) is 11.3 Å². The maximum atomic E-state index is 12.5. The van der Waals surface area contributed by atoms with Gasteiger partial charge in [-0.2, -0.15) is 0 Å². The van der Waals surface area contributed by atoms with Gasteiger partial charge in [-0.15, -0.1) is 0 Å². The van der Waals surface area contributed by atoms with Gasteiger partial charge in [0.15, 0.2) is 6.61 Å². The number of benzene rings is 2. The van der Waals surface area contributed by atoms with E-state index in [9.17, 15) is 19.2 Å². The molecule has 0 bridgehead atoms. The van der Waals surface area contributed by atoms with Crippen LogP contribution in [0.1, 0.15) is 38.0 Å². The molecule has 26 heavy (non-hydrogen) atoms. The second-order valence-corrected chi connectivity index (χ2v) is 5.57. The van der Waals surface area contributed by atoms with E-state index in [0.29, 0.717) is 17.7 Å². The van der Waals surface area contributed by atoms with Crippen molar-refractivity contribution >= 4 is 29.4 Å². The van der Waals surface area contributed by atoms with E-state index >= 15 is 0 Å². The van der Waals surface area contributed by atoms with E-state index in [2.05, 4.69) is 5.32 Å². The molecule has 1 aliphatic heterocycles. The molecule has 2 aromatic carbocycles. The van der Waals surface area contributed by atoms with E-state index in [4.69, 9.17) is 4.74 Å². The van der Waals surface area contributed by atoms with Crippen molar-refractivity contribution in [2.75, 3.05) is 18.1 Å². The predicted octanol–water partition coefficient (Wildman–Crippen LogP) is 1.78.